The van der Waals surface area contributed by atoms with Crippen LogP contribution in [0, 0.1) is 31.6 Å². The number of ether oxygens (including phenoxy) is 2. The van der Waals surface area contributed by atoms with Crippen LogP contribution in [0.3, 0.4) is 0 Å². The largest absolute Gasteiger partial charge is 0.493 e. The van der Waals surface area contributed by atoms with E-state index in [-0.39, 0.29) is 22.8 Å². The third-order valence-corrected chi connectivity index (χ3v) is 5.06. The van der Waals surface area contributed by atoms with Gasteiger partial charge in [-0.3, -0.25) is 25.0 Å². The second-order valence-corrected chi connectivity index (χ2v) is 7.73. The fourth-order valence-corrected chi connectivity index (χ4v) is 3.14. The molecular formula is C23H15BrN4O7. The zero-order valence-corrected chi connectivity index (χ0v) is 19.5. The first-order valence-corrected chi connectivity index (χ1v) is 10.5. The minimum atomic E-state index is -0.807. The van der Waals surface area contributed by atoms with Crippen molar-refractivity contribution in [1.82, 2.24) is 0 Å². The fraction of sp³-hybridized carbons (Fsp3) is 0.0435. The van der Waals surface area contributed by atoms with Crippen molar-refractivity contribution in [2.75, 3.05) is 12.4 Å². The molecule has 11 nitrogen and oxygen atoms in total. The third kappa shape index (κ3) is 6.18. The molecule has 0 atom stereocenters. The Balaban J connectivity index is 1.93. The van der Waals surface area contributed by atoms with E-state index < -0.39 is 27.1 Å². The van der Waals surface area contributed by atoms with Crippen LogP contribution in [0.4, 0.5) is 17.1 Å². The van der Waals surface area contributed by atoms with E-state index in [2.05, 4.69) is 21.2 Å². The summed E-state index contributed by atoms with van der Waals surface area (Å²) in [5.74, 6) is -0.663. The number of rotatable bonds is 8. The number of anilines is 1. The summed E-state index contributed by atoms with van der Waals surface area (Å²) in [5, 5.41) is 34.5. The van der Waals surface area contributed by atoms with Gasteiger partial charge in [0.15, 0.2) is 11.5 Å². The van der Waals surface area contributed by atoms with Crippen molar-refractivity contribution in [3.05, 3.63) is 96.5 Å². The van der Waals surface area contributed by atoms with Gasteiger partial charge in [-0.2, -0.15) is 5.26 Å². The van der Waals surface area contributed by atoms with Gasteiger partial charge in [0, 0.05) is 16.2 Å². The average Bonchev–Trinajstić information content (AvgIpc) is 2.84. The van der Waals surface area contributed by atoms with E-state index in [0.29, 0.717) is 11.3 Å². The van der Waals surface area contributed by atoms with Crippen LogP contribution in [0.2, 0.25) is 0 Å². The van der Waals surface area contributed by atoms with Gasteiger partial charge in [0.05, 0.1) is 23.0 Å². The monoisotopic (exact) mass is 538 g/mol. The van der Waals surface area contributed by atoms with Gasteiger partial charge >= 0.3 is 5.69 Å². The van der Waals surface area contributed by atoms with Gasteiger partial charge < -0.3 is 14.8 Å². The molecule has 0 unspecified atom stereocenters. The number of carbonyl (C=O) groups excluding carboxylic acids is 1. The highest BCUT2D eigenvalue weighted by Gasteiger charge is 2.22. The minimum Gasteiger partial charge on any atom is -0.493 e. The maximum absolute atomic E-state index is 12.5. The van der Waals surface area contributed by atoms with Crippen LogP contribution in [-0.4, -0.2) is 22.9 Å². The van der Waals surface area contributed by atoms with E-state index in [1.807, 2.05) is 6.07 Å². The Kier molecular flexibility index (Phi) is 7.75. The number of non-ortho nitro benzene ring substituents is 1. The highest BCUT2D eigenvalue weighted by atomic mass is 79.9. The lowest BCUT2D eigenvalue weighted by Gasteiger charge is -2.11. The van der Waals surface area contributed by atoms with Crippen molar-refractivity contribution in [3.63, 3.8) is 0 Å². The summed E-state index contributed by atoms with van der Waals surface area (Å²) in [4.78, 5) is 33.4. The zero-order chi connectivity index (χ0) is 25.5. The number of methoxy groups -OCH3 is 1. The van der Waals surface area contributed by atoms with E-state index >= 15 is 0 Å². The molecule has 0 radical (unpaired) electrons. The maximum atomic E-state index is 12.5. The molecule has 1 amide bonds. The van der Waals surface area contributed by atoms with Crippen LogP contribution < -0.4 is 14.8 Å². The van der Waals surface area contributed by atoms with Gasteiger partial charge in [0.25, 0.3) is 11.6 Å². The molecule has 35 heavy (non-hydrogen) atoms. The van der Waals surface area contributed by atoms with Gasteiger partial charge in [-0.05, 0) is 54.1 Å². The standard InChI is InChI=1S/C23H15BrN4O7/c1-34-21-8-2-14(10-15(13-25)23(29)26-17-5-3-16(24)4-6-17)11-22(21)35-20-9-7-18(27(30)31)12-19(20)28(32)33/h2-12H,1H3,(H,26,29)/b15-10+. The molecule has 0 aliphatic rings. The van der Waals surface area contributed by atoms with Crippen molar-refractivity contribution in [2.45, 2.75) is 0 Å². The van der Waals surface area contributed by atoms with Crippen molar-refractivity contribution in [1.29, 1.82) is 5.26 Å². The lowest BCUT2D eigenvalue weighted by atomic mass is 10.1. The van der Waals surface area contributed by atoms with Gasteiger partial charge in [-0.1, -0.05) is 22.0 Å². The third-order valence-electron chi connectivity index (χ3n) is 4.54. The number of nitrogens with zero attached hydrogens (tertiary/aromatic N) is 3. The van der Waals surface area contributed by atoms with Crippen LogP contribution in [0.1, 0.15) is 5.56 Å². The van der Waals surface area contributed by atoms with Crippen LogP contribution in [0.15, 0.2) is 70.7 Å². The number of nitrogens with one attached hydrogen (secondary N) is 1. The summed E-state index contributed by atoms with van der Waals surface area (Å²) in [7, 11) is 1.36. The number of amides is 1. The number of nitro benzene ring substituents is 2. The molecule has 0 aromatic heterocycles. The molecule has 3 aromatic carbocycles. The Hall–Kier alpha value is -4.76. The predicted molar refractivity (Wildman–Crippen MR) is 129 cm³/mol. The molecule has 0 aliphatic carbocycles. The second kappa shape index (κ2) is 10.9. The number of benzene rings is 3. The zero-order valence-electron chi connectivity index (χ0n) is 17.9. The number of halogens is 1. The molecule has 0 fully saturated rings. The van der Waals surface area contributed by atoms with Gasteiger partial charge in [-0.25, -0.2) is 0 Å². The first kappa shape index (κ1) is 24.9. The van der Waals surface area contributed by atoms with E-state index in [4.69, 9.17) is 9.47 Å². The summed E-state index contributed by atoms with van der Waals surface area (Å²) >= 11 is 3.30. The van der Waals surface area contributed by atoms with Crippen molar-refractivity contribution in [3.8, 4) is 23.3 Å². The van der Waals surface area contributed by atoms with Gasteiger partial charge in [0.2, 0.25) is 5.75 Å². The second-order valence-electron chi connectivity index (χ2n) is 6.81. The summed E-state index contributed by atoms with van der Waals surface area (Å²) in [6.07, 6.45) is 1.31. The molecule has 0 spiro atoms. The van der Waals surface area contributed by atoms with Gasteiger partial charge in [-0.15, -0.1) is 0 Å². The Morgan fingerprint density at radius 1 is 1.00 bits per heavy atom. The number of nitro groups is 2. The molecule has 12 heteroatoms. The van der Waals surface area contributed by atoms with E-state index in [1.54, 1.807) is 30.3 Å². The molecule has 1 N–H and O–H groups in total. The van der Waals surface area contributed by atoms with Gasteiger partial charge in [0.1, 0.15) is 11.6 Å². The molecule has 0 bridgehead atoms. The first-order chi connectivity index (χ1) is 16.7. The van der Waals surface area contributed by atoms with E-state index in [0.717, 1.165) is 22.7 Å². The molecule has 0 aliphatic heterocycles. The van der Waals surface area contributed by atoms with Crippen LogP contribution in [0.25, 0.3) is 6.08 Å². The molecule has 0 saturated carbocycles. The van der Waals surface area contributed by atoms with E-state index in [9.17, 15) is 30.3 Å². The molecule has 3 aromatic rings. The Labute approximate surface area is 206 Å². The SMILES string of the molecule is COc1ccc(/C=C(\C#N)C(=O)Nc2ccc(Br)cc2)cc1Oc1ccc([N+](=O)[O-])cc1[N+](=O)[O-]. The summed E-state index contributed by atoms with van der Waals surface area (Å²) in [6.45, 7) is 0. The quantitative estimate of drug-likeness (QED) is 0.167. The molecule has 176 valence electrons. The Morgan fingerprint density at radius 2 is 1.69 bits per heavy atom. The number of nitriles is 1. The van der Waals surface area contributed by atoms with Crippen molar-refractivity contribution < 1.29 is 24.1 Å². The number of carbonyl (C=O) groups is 1. The number of hydrogen-bond donors (Lipinski definition) is 1. The van der Waals surface area contributed by atoms with E-state index in [1.165, 1.54) is 25.3 Å². The summed E-state index contributed by atoms with van der Waals surface area (Å²) in [6, 6.07) is 16.0. The minimum absolute atomic E-state index is 0.0313. The average molecular weight is 539 g/mol. The molecular weight excluding hydrogens is 524 g/mol. The normalized spacial score (nSPS) is 10.7. The molecule has 3 rings (SSSR count). The molecule has 0 heterocycles. The lowest BCUT2D eigenvalue weighted by Crippen LogP contribution is -2.13. The fourth-order valence-electron chi connectivity index (χ4n) is 2.88. The smallest absolute Gasteiger partial charge is 0.318 e. The first-order valence-electron chi connectivity index (χ1n) is 9.69. The van der Waals surface area contributed by atoms with Crippen LogP contribution >= 0.6 is 15.9 Å². The maximum Gasteiger partial charge on any atom is 0.318 e. The summed E-state index contributed by atoms with van der Waals surface area (Å²) < 4.78 is 11.7. The van der Waals surface area contributed by atoms with Crippen molar-refractivity contribution in [2.24, 2.45) is 0 Å². The van der Waals surface area contributed by atoms with Crippen LogP contribution in [0.5, 0.6) is 17.2 Å². The highest BCUT2D eigenvalue weighted by molar-refractivity contribution is 9.10. The van der Waals surface area contributed by atoms with Crippen molar-refractivity contribution >= 4 is 45.0 Å². The Bertz CT molecular complexity index is 1380. The topological polar surface area (TPSA) is 158 Å². The Morgan fingerprint density at radius 3 is 2.29 bits per heavy atom. The molecule has 0 saturated heterocycles. The van der Waals surface area contributed by atoms with Crippen LogP contribution in [-0.2, 0) is 4.79 Å². The number of hydrogen-bond acceptors (Lipinski definition) is 8. The highest BCUT2D eigenvalue weighted by Crippen LogP contribution is 2.38. The predicted octanol–water partition coefficient (Wildman–Crippen LogP) is 5.61. The lowest BCUT2D eigenvalue weighted by molar-refractivity contribution is -0.394. The summed E-state index contributed by atoms with van der Waals surface area (Å²) in [5.41, 5.74) is -0.432.